The van der Waals surface area contributed by atoms with E-state index in [0.29, 0.717) is 18.0 Å². The van der Waals surface area contributed by atoms with E-state index in [1.54, 1.807) is 24.3 Å². The number of hydrogen-bond donors (Lipinski definition) is 2. The lowest BCUT2D eigenvalue weighted by atomic mass is 9.82. The van der Waals surface area contributed by atoms with E-state index in [1.807, 2.05) is 0 Å². The van der Waals surface area contributed by atoms with E-state index in [2.05, 4.69) is 0 Å². The van der Waals surface area contributed by atoms with Crippen LogP contribution in [0.4, 0.5) is 4.79 Å². The Labute approximate surface area is 116 Å². The van der Waals surface area contributed by atoms with Crippen LogP contribution in [0.2, 0.25) is 5.02 Å². The van der Waals surface area contributed by atoms with Crippen LogP contribution >= 0.6 is 11.6 Å². The Bertz CT molecular complexity index is 464. The maximum absolute atomic E-state index is 10.9. The molecule has 1 heterocycles. The smallest absolute Gasteiger partial charge is 0.407 e. The van der Waals surface area contributed by atoms with Crippen molar-refractivity contribution in [1.29, 1.82) is 0 Å². The second-order valence-electron chi connectivity index (χ2n) is 4.59. The maximum Gasteiger partial charge on any atom is 0.407 e. The largest absolute Gasteiger partial charge is 0.465 e. The Morgan fingerprint density at radius 3 is 2.58 bits per heavy atom. The highest BCUT2D eigenvalue weighted by Crippen LogP contribution is 2.37. The molecule has 1 aromatic carbocycles. The first-order valence-electron chi connectivity index (χ1n) is 5.97. The fourth-order valence-corrected chi connectivity index (χ4v) is 2.64. The number of carboxylic acid groups (broad SMARTS) is 1. The minimum absolute atomic E-state index is 0.0335. The third-order valence-electron chi connectivity index (χ3n) is 3.65. The van der Waals surface area contributed by atoms with Crippen molar-refractivity contribution in [3.63, 3.8) is 0 Å². The van der Waals surface area contributed by atoms with Crippen molar-refractivity contribution >= 4 is 17.7 Å². The molecule has 0 saturated carbocycles. The van der Waals surface area contributed by atoms with Gasteiger partial charge in [0.1, 0.15) is 11.7 Å². The van der Waals surface area contributed by atoms with E-state index >= 15 is 0 Å². The quantitative estimate of drug-likeness (QED) is 0.871. The number of benzene rings is 1. The van der Waals surface area contributed by atoms with Crippen molar-refractivity contribution in [1.82, 2.24) is 4.90 Å². The number of rotatable bonds is 2. The Morgan fingerprint density at radius 2 is 2.11 bits per heavy atom. The predicted octanol–water partition coefficient (Wildman–Crippen LogP) is 1.93. The molecule has 2 rings (SSSR count). The van der Waals surface area contributed by atoms with Gasteiger partial charge in [0.25, 0.3) is 0 Å². The third kappa shape index (κ3) is 2.54. The monoisotopic (exact) mass is 285 g/mol. The first-order valence-corrected chi connectivity index (χ1v) is 6.34. The molecule has 1 amide bonds. The van der Waals surface area contributed by atoms with Gasteiger partial charge in [-0.2, -0.15) is 0 Å². The summed E-state index contributed by atoms with van der Waals surface area (Å²) in [6, 6.07) is 7.05. The number of piperidine rings is 1. The van der Waals surface area contributed by atoms with Gasteiger partial charge in [0, 0.05) is 25.1 Å². The number of halogens is 1. The summed E-state index contributed by atoms with van der Waals surface area (Å²) in [5.41, 5.74) is -0.0757. The van der Waals surface area contributed by atoms with Crippen LogP contribution in [-0.2, 0) is 10.3 Å². The Hall–Kier alpha value is -1.30. The van der Waals surface area contributed by atoms with Crippen LogP contribution < -0.4 is 0 Å². The Kier molecular flexibility index (Phi) is 3.99. The molecule has 5 nitrogen and oxygen atoms in total. The van der Waals surface area contributed by atoms with Gasteiger partial charge in [-0.25, -0.2) is 4.79 Å². The van der Waals surface area contributed by atoms with E-state index in [4.69, 9.17) is 21.4 Å². The zero-order valence-corrected chi connectivity index (χ0v) is 11.3. The highest BCUT2D eigenvalue weighted by Gasteiger charge is 2.45. The van der Waals surface area contributed by atoms with E-state index in [1.165, 1.54) is 12.0 Å². The summed E-state index contributed by atoms with van der Waals surface area (Å²) in [6.07, 6.45) is -1.54. The number of carbonyl (C=O) groups is 1. The fraction of sp³-hybridized carbons (Fsp3) is 0.462. The SMILES string of the molecule is COC1(c2ccc(Cl)cc2)CCN(C(=O)O)CC1O. The van der Waals surface area contributed by atoms with Gasteiger partial charge in [-0.15, -0.1) is 0 Å². The molecule has 0 radical (unpaired) electrons. The molecule has 1 fully saturated rings. The number of amides is 1. The van der Waals surface area contributed by atoms with Crippen LogP contribution in [0.3, 0.4) is 0 Å². The van der Waals surface area contributed by atoms with Gasteiger partial charge in [-0.05, 0) is 17.7 Å². The average Bonchev–Trinajstić information content (AvgIpc) is 2.40. The van der Waals surface area contributed by atoms with Crippen LogP contribution in [0.1, 0.15) is 12.0 Å². The summed E-state index contributed by atoms with van der Waals surface area (Å²) in [7, 11) is 1.52. The predicted molar refractivity (Wildman–Crippen MR) is 70.4 cm³/mol. The number of methoxy groups -OCH3 is 1. The first-order chi connectivity index (χ1) is 8.99. The van der Waals surface area contributed by atoms with Crippen molar-refractivity contribution in [2.24, 2.45) is 0 Å². The molecule has 6 heteroatoms. The second kappa shape index (κ2) is 5.36. The summed E-state index contributed by atoms with van der Waals surface area (Å²) in [6.45, 7) is 0.356. The highest BCUT2D eigenvalue weighted by atomic mass is 35.5. The molecule has 0 aliphatic carbocycles. The molecule has 1 aliphatic rings. The maximum atomic E-state index is 10.9. The topological polar surface area (TPSA) is 70.0 Å². The Morgan fingerprint density at radius 1 is 1.47 bits per heavy atom. The average molecular weight is 286 g/mol. The molecule has 2 atom stereocenters. The summed E-state index contributed by atoms with van der Waals surface area (Å²) >= 11 is 5.85. The number of aliphatic hydroxyl groups excluding tert-OH is 1. The molecule has 0 aromatic heterocycles. The van der Waals surface area contributed by atoms with Gasteiger partial charge in [-0.1, -0.05) is 23.7 Å². The van der Waals surface area contributed by atoms with Crippen LogP contribution in [0.15, 0.2) is 24.3 Å². The molecule has 104 valence electrons. The molecule has 2 N–H and O–H groups in total. The van der Waals surface area contributed by atoms with E-state index in [-0.39, 0.29) is 6.54 Å². The molecule has 2 unspecified atom stereocenters. The molecule has 0 spiro atoms. The zero-order chi connectivity index (χ0) is 14.0. The summed E-state index contributed by atoms with van der Waals surface area (Å²) in [5.74, 6) is 0. The minimum Gasteiger partial charge on any atom is -0.465 e. The normalized spacial score (nSPS) is 27.3. The molecule has 1 aromatic rings. The van der Waals surface area contributed by atoms with E-state index in [0.717, 1.165) is 5.56 Å². The molecule has 19 heavy (non-hydrogen) atoms. The number of likely N-dealkylation sites (tertiary alicyclic amines) is 1. The number of nitrogens with zero attached hydrogens (tertiary/aromatic N) is 1. The highest BCUT2D eigenvalue weighted by molar-refractivity contribution is 6.30. The lowest BCUT2D eigenvalue weighted by Crippen LogP contribution is -2.55. The van der Waals surface area contributed by atoms with Crippen LogP contribution in [0, 0.1) is 0 Å². The van der Waals surface area contributed by atoms with Crippen molar-refractivity contribution < 1.29 is 19.7 Å². The zero-order valence-electron chi connectivity index (χ0n) is 10.5. The van der Waals surface area contributed by atoms with Gasteiger partial charge in [0.15, 0.2) is 0 Å². The van der Waals surface area contributed by atoms with Gasteiger partial charge in [0.05, 0.1) is 6.54 Å². The van der Waals surface area contributed by atoms with Gasteiger partial charge in [0.2, 0.25) is 0 Å². The summed E-state index contributed by atoms with van der Waals surface area (Å²) in [5, 5.41) is 19.9. The number of hydrogen-bond acceptors (Lipinski definition) is 3. The van der Waals surface area contributed by atoms with Crippen LogP contribution in [0.25, 0.3) is 0 Å². The standard InChI is InChI=1S/C13H16ClNO4/c1-19-13(9-2-4-10(14)5-3-9)6-7-15(12(17)18)8-11(13)16/h2-5,11,16H,6-8H2,1H3,(H,17,18). The lowest BCUT2D eigenvalue weighted by Gasteiger charge is -2.44. The number of aliphatic hydroxyl groups is 1. The summed E-state index contributed by atoms with van der Waals surface area (Å²) in [4.78, 5) is 12.1. The van der Waals surface area contributed by atoms with E-state index < -0.39 is 17.8 Å². The van der Waals surface area contributed by atoms with Crippen LogP contribution in [0.5, 0.6) is 0 Å². The number of β-amino-alcohol motifs (C(OH)–C–C–N with tert-alkyl or cyclic N) is 1. The Balaban J connectivity index is 2.29. The number of ether oxygens (including phenoxy) is 1. The van der Waals surface area contributed by atoms with Gasteiger partial charge < -0.3 is 19.8 Å². The molecular formula is C13H16ClNO4. The molecule has 1 aliphatic heterocycles. The first kappa shape index (κ1) is 14.1. The third-order valence-corrected chi connectivity index (χ3v) is 3.90. The van der Waals surface area contributed by atoms with Crippen molar-refractivity contribution in [3.8, 4) is 0 Å². The van der Waals surface area contributed by atoms with Crippen molar-refractivity contribution in [2.75, 3.05) is 20.2 Å². The fourth-order valence-electron chi connectivity index (χ4n) is 2.51. The van der Waals surface area contributed by atoms with E-state index in [9.17, 15) is 9.90 Å². The molecular weight excluding hydrogens is 270 g/mol. The molecule has 1 saturated heterocycles. The van der Waals surface area contributed by atoms with Gasteiger partial charge in [-0.3, -0.25) is 0 Å². The van der Waals surface area contributed by atoms with Crippen LogP contribution in [-0.4, -0.2) is 47.5 Å². The van der Waals surface area contributed by atoms with Crippen molar-refractivity contribution in [3.05, 3.63) is 34.9 Å². The molecule has 0 bridgehead atoms. The summed E-state index contributed by atoms with van der Waals surface area (Å²) < 4.78 is 5.53. The second-order valence-corrected chi connectivity index (χ2v) is 5.03. The lowest BCUT2D eigenvalue weighted by molar-refractivity contribution is -0.141. The van der Waals surface area contributed by atoms with Gasteiger partial charge >= 0.3 is 6.09 Å². The van der Waals surface area contributed by atoms with Crippen molar-refractivity contribution in [2.45, 2.75) is 18.1 Å². The minimum atomic E-state index is -1.03.